The summed E-state index contributed by atoms with van der Waals surface area (Å²) in [6.45, 7) is 3.66. The van der Waals surface area contributed by atoms with E-state index >= 15 is 0 Å². The van der Waals surface area contributed by atoms with E-state index in [1.165, 1.54) is 7.11 Å². The first kappa shape index (κ1) is 9.03. The van der Waals surface area contributed by atoms with Gasteiger partial charge >= 0.3 is 0 Å². The third-order valence-electron chi connectivity index (χ3n) is 0.800. The average Bonchev–Trinajstić information content (AvgIpc) is 1.97. The van der Waals surface area contributed by atoms with E-state index in [1.807, 2.05) is 0 Å². The highest BCUT2D eigenvalue weighted by atomic mass is 16.6. The molecule has 0 unspecified atom stereocenters. The fourth-order valence-electron chi connectivity index (χ4n) is 0.406. The van der Waals surface area contributed by atoms with Gasteiger partial charge in [0.15, 0.2) is 0 Å². The molecule has 0 N–H and O–H groups in total. The monoisotopic (exact) mass is 138 g/mol. The molecule has 0 aromatic carbocycles. The van der Waals surface area contributed by atoms with Crippen LogP contribution in [0.2, 0.25) is 0 Å². The minimum atomic E-state index is 0.661. The van der Waals surface area contributed by atoms with E-state index in [-0.39, 0.29) is 0 Å². The Kier molecular flexibility index (Phi) is 7.25. The molecule has 0 heterocycles. The lowest BCUT2D eigenvalue weighted by atomic mass is 10.3. The standard InChI is InChI=1S/C8H12NO/c1-3-4-5-6-7-8-9-10-2/h8H,1,3-4,7H2,2H3. The van der Waals surface area contributed by atoms with Crippen molar-refractivity contribution < 1.29 is 4.84 Å². The molecule has 0 aliphatic rings. The minimum Gasteiger partial charge on any atom is -0.399 e. The number of rotatable bonds is 3. The summed E-state index contributed by atoms with van der Waals surface area (Å²) in [6, 6.07) is 0. The molecule has 0 aliphatic carbocycles. The van der Waals surface area contributed by atoms with Crippen LogP contribution in [0.5, 0.6) is 0 Å². The Morgan fingerprint density at radius 2 is 2.40 bits per heavy atom. The van der Waals surface area contributed by atoms with E-state index < -0.39 is 0 Å². The van der Waals surface area contributed by atoms with Gasteiger partial charge < -0.3 is 4.84 Å². The van der Waals surface area contributed by atoms with E-state index in [2.05, 4.69) is 28.8 Å². The van der Waals surface area contributed by atoms with Crippen molar-refractivity contribution in [1.82, 2.24) is 0 Å². The van der Waals surface area contributed by atoms with E-state index in [0.29, 0.717) is 6.42 Å². The topological polar surface area (TPSA) is 21.6 Å². The maximum atomic E-state index is 4.44. The van der Waals surface area contributed by atoms with Gasteiger partial charge in [-0.25, -0.2) is 0 Å². The zero-order valence-corrected chi connectivity index (χ0v) is 6.26. The summed E-state index contributed by atoms with van der Waals surface area (Å²) in [5.74, 6) is 5.84. The summed E-state index contributed by atoms with van der Waals surface area (Å²) in [4.78, 5) is 4.44. The molecular weight excluding hydrogens is 126 g/mol. The highest BCUT2D eigenvalue weighted by Crippen LogP contribution is 1.81. The fraction of sp³-hybridized carbons (Fsp3) is 0.500. The highest BCUT2D eigenvalue weighted by molar-refractivity contribution is 5.60. The van der Waals surface area contributed by atoms with E-state index in [4.69, 9.17) is 0 Å². The van der Waals surface area contributed by atoms with Crippen LogP contribution in [0.3, 0.4) is 0 Å². The van der Waals surface area contributed by atoms with Gasteiger partial charge in [-0.15, -0.1) is 5.92 Å². The third kappa shape index (κ3) is 7.03. The molecule has 0 aromatic heterocycles. The summed E-state index contributed by atoms with van der Waals surface area (Å²) in [7, 11) is 1.51. The molecule has 0 aliphatic heterocycles. The Bertz CT molecular complexity index is 141. The minimum absolute atomic E-state index is 0.661. The van der Waals surface area contributed by atoms with Gasteiger partial charge in [0.2, 0.25) is 0 Å². The van der Waals surface area contributed by atoms with Gasteiger partial charge in [0.25, 0.3) is 0 Å². The van der Waals surface area contributed by atoms with Gasteiger partial charge in [0, 0.05) is 12.8 Å². The van der Waals surface area contributed by atoms with Gasteiger partial charge in [-0.1, -0.05) is 18.0 Å². The predicted molar refractivity (Wildman–Crippen MR) is 42.5 cm³/mol. The Hall–Kier alpha value is -0.970. The Morgan fingerprint density at radius 1 is 1.60 bits per heavy atom. The van der Waals surface area contributed by atoms with Gasteiger partial charge in [0.05, 0.1) is 6.21 Å². The molecule has 0 saturated heterocycles. The number of nitrogens with zero attached hydrogens (tertiary/aromatic N) is 1. The van der Waals surface area contributed by atoms with Crippen LogP contribution in [0.4, 0.5) is 0 Å². The van der Waals surface area contributed by atoms with Crippen LogP contribution in [0.1, 0.15) is 19.3 Å². The number of hydrogen-bond donors (Lipinski definition) is 0. The van der Waals surface area contributed by atoms with Crippen molar-refractivity contribution in [2.24, 2.45) is 5.16 Å². The van der Waals surface area contributed by atoms with Crippen LogP contribution in [-0.4, -0.2) is 13.3 Å². The lowest BCUT2D eigenvalue weighted by molar-refractivity contribution is 0.215. The molecule has 0 amide bonds. The SMILES string of the molecule is [CH2]CCC#CCC=NOC. The summed E-state index contributed by atoms with van der Waals surface area (Å²) < 4.78 is 0. The van der Waals surface area contributed by atoms with Crippen molar-refractivity contribution in [3.05, 3.63) is 6.92 Å². The number of oxime groups is 1. The van der Waals surface area contributed by atoms with Gasteiger partial charge in [-0.2, -0.15) is 0 Å². The van der Waals surface area contributed by atoms with E-state index in [0.717, 1.165) is 12.8 Å². The van der Waals surface area contributed by atoms with Crippen LogP contribution >= 0.6 is 0 Å². The quantitative estimate of drug-likeness (QED) is 0.330. The Morgan fingerprint density at radius 3 is 3.00 bits per heavy atom. The van der Waals surface area contributed by atoms with Crippen LogP contribution in [0.15, 0.2) is 5.16 Å². The highest BCUT2D eigenvalue weighted by Gasteiger charge is 1.70. The first-order chi connectivity index (χ1) is 4.91. The Balaban J connectivity index is 3.19. The predicted octanol–water partition coefficient (Wildman–Crippen LogP) is 1.63. The molecule has 1 radical (unpaired) electrons. The molecule has 55 valence electrons. The maximum Gasteiger partial charge on any atom is 0.106 e. The van der Waals surface area contributed by atoms with Gasteiger partial charge in [-0.05, 0) is 6.42 Å². The summed E-state index contributed by atoms with van der Waals surface area (Å²) in [6.07, 6.45) is 4.03. The molecular formula is C8H12NO. The fourth-order valence-corrected chi connectivity index (χ4v) is 0.406. The van der Waals surface area contributed by atoms with Crippen LogP contribution in [0.25, 0.3) is 0 Å². The molecule has 10 heavy (non-hydrogen) atoms. The Labute approximate surface area is 62.3 Å². The lowest BCUT2D eigenvalue weighted by Crippen LogP contribution is -1.72. The van der Waals surface area contributed by atoms with Gasteiger partial charge in [0.1, 0.15) is 7.11 Å². The van der Waals surface area contributed by atoms with E-state index in [9.17, 15) is 0 Å². The second kappa shape index (κ2) is 8.03. The molecule has 0 saturated carbocycles. The summed E-state index contributed by atoms with van der Waals surface area (Å²) in [5, 5.41) is 3.53. The van der Waals surface area contributed by atoms with Crippen molar-refractivity contribution in [3.8, 4) is 11.8 Å². The number of hydrogen-bond acceptors (Lipinski definition) is 2. The first-order valence-corrected chi connectivity index (χ1v) is 3.21. The molecule has 0 bridgehead atoms. The van der Waals surface area contributed by atoms with Gasteiger partial charge in [-0.3, -0.25) is 0 Å². The zero-order chi connectivity index (χ0) is 7.66. The second-order valence-corrected chi connectivity index (χ2v) is 1.63. The van der Waals surface area contributed by atoms with Crippen molar-refractivity contribution in [2.45, 2.75) is 19.3 Å². The maximum absolute atomic E-state index is 4.44. The first-order valence-electron chi connectivity index (χ1n) is 3.21. The van der Waals surface area contributed by atoms with Crippen LogP contribution in [0, 0.1) is 18.8 Å². The molecule has 0 fully saturated rings. The lowest BCUT2D eigenvalue weighted by Gasteiger charge is -1.80. The smallest absolute Gasteiger partial charge is 0.106 e. The second-order valence-electron chi connectivity index (χ2n) is 1.63. The van der Waals surface area contributed by atoms with E-state index in [1.54, 1.807) is 6.21 Å². The largest absolute Gasteiger partial charge is 0.399 e. The molecule has 0 rings (SSSR count). The van der Waals surface area contributed by atoms with Crippen LogP contribution in [-0.2, 0) is 4.84 Å². The molecule has 2 nitrogen and oxygen atoms in total. The molecule has 0 aromatic rings. The molecule has 2 heteroatoms. The van der Waals surface area contributed by atoms with Crippen molar-refractivity contribution >= 4 is 6.21 Å². The zero-order valence-electron chi connectivity index (χ0n) is 6.26. The van der Waals surface area contributed by atoms with Crippen LogP contribution < -0.4 is 0 Å². The normalized spacial score (nSPS) is 9.00. The molecule has 0 spiro atoms. The average molecular weight is 138 g/mol. The summed E-state index contributed by atoms with van der Waals surface area (Å²) >= 11 is 0. The number of unbranched alkanes of at least 4 members (excludes halogenated alkanes) is 1. The van der Waals surface area contributed by atoms with Crippen molar-refractivity contribution in [3.63, 3.8) is 0 Å². The summed E-state index contributed by atoms with van der Waals surface area (Å²) in [5.41, 5.74) is 0. The van der Waals surface area contributed by atoms with Crippen molar-refractivity contribution in [1.29, 1.82) is 0 Å². The molecule has 0 atom stereocenters. The third-order valence-corrected chi connectivity index (χ3v) is 0.800. The van der Waals surface area contributed by atoms with Crippen molar-refractivity contribution in [2.75, 3.05) is 7.11 Å².